The molecule has 0 saturated carbocycles. The molecule has 2 aliphatic heterocycles. The van der Waals surface area contributed by atoms with E-state index in [1.807, 2.05) is 18.3 Å². The van der Waals surface area contributed by atoms with Crippen LogP contribution in [0.5, 0.6) is 0 Å². The van der Waals surface area contributed by atoms with Crippen LogP contribution in [0.1, 0.15) is 28.8 Å². The van der Waals surface area contributed by atoms with E-state index in [9.17, 15) is 4.79 Å². The Kier molecular flexibility index (Phi) is 3.17. The average molecular weight is 294 g/mol. The van der Waals surface area contributed by atoms with Crippen molar-refractivity contribution in [2.75, 3.05) is 0 Å². The van der Waals surface area contributed by atoms with Crippen molar-refractivity contribution in [1.82, 2.24) is 21.2 Å². The lowest BCUT2D eigenvalue weighted by Crippen LogP contribution is -2.39. The van der Waals surface area contributed by atoms with E-state index in [4.69, 9.17) is 0 Å². The summed E-state index contributed by atoms with van der Waals surface area (Å²) in [4.78, 5) is 16.4. The van der Waals surface area contributed by atoms with Crippen LogP contribution in [0, 0.1) is 12.8 Å². The monoisotopic (exact) mass is 294 g/mol. The summed E-state index contributed by atoms with van der Waals surface area (Å²) >= 11 is 0. The van der Waals surface area contributed by atoms with Crippen molar-refractivity contribution in [2.24, 2.45) is 5.92 Å². The first-order valence-electron chi connectivity index (χ1n) is 7.52. The molecule has 1 aromatic carbocycles. The number of nitrogens with one attached hydrogen (secondary N) is 3. The van der Waals surface area contributed by atoms with Crippen molar-refractivity contribution in [3.8, 4) is 0 Å². The quantitative estimate of drug-likeness (QED) is 0.783. The Morgan fingerprint density at radius 2 is 1.73 bits per heavy atom. The summed E-state index contributed by atoms with van der Waals surface area (Å²) in [6.07, 6.45) is 3.58. The molecule has 2 aromatic rings. The molecule has 1 aromatic heterocycles. The minimum atomic E-state index is -0.212. The molecule has 0 aliphatic carbocycles. The van der Waals surface area contributed by atoms with Gasteiger partial charge in [-0.1, -0.05) is 35.9 Å². The van der Waals surface area contributed by atoms with Crippen LogP contribution in [-0.4, -0.2) is 16.9 Å². The van der Waals surface area contributed by atoms with E-state index < -0.39 is 0 Å². The van der Waals surface area contributed by atoms with Crippen LogP contribution in [0.2, 0.25) is 0 Å². The second kappa shape index (κ2) is 5.19. The third-order valence-electron chi connectivity index (χ3n) is 4.61. The summed E-state index contributed by atoms with van der Waals surface area (Å²) in [7, 11) is 0. The van der Waals surface area contributed by atoms with E-state index in [0.29, 0.717) is 0 Å². The van der Waals surface area contributed by atoms with Gasteiger partial charge in [-0.25, -0.2) is 10.9 Å². The number of hydrogen-bond acceptors (Lipinski definition) is 4. The van der Waals surface area contributed by atoms with E-state index in [1.165, 1.54) is 11.1 Å². The van der Waals surface area contributed by atoms with Crippen LogP contribution in [-0.2, 0) is 4.79 Å². The fourth-order valence-electron chi connectivity index (χ4n) is 3.47. The van der Waals surface area contributed by atoms with Gasteiger partial charge in [-0.3, -0.25) is 9.78 Å². The Hall–Kier alpha value is -2.24. The number of nitrogens with zero attached hydrogens (tertiary/aromatic N) is 1. The fourth-order valence-corrected chi connectivity index (χ4v) is 3.47. The maximum atomic E-state index is 12.2. The Labute approximate surface area is 129 Å². The third kappa shape index (κ3) is 2.10. The molecule has 112 valence electrons. The summed E-state index contributed by atoms with van der Waals surface area (Å²) in [6.45, 7) is 2.08. The molecule has 0 bridgehead atoms. The molecule has 0 spiro atoms. The first-order valence-corrected chi connectivity index (χ1v) is 7.52. The topological polar surface area (TPSA) is 66.0 Å². The van der Waals surface area contributed by atoms with Crippen LogP contribution in [0.3, 0.4) is 0 Å². The molecule has 22 heavy (non-hydrogen) atoms. The summed E-state index contributed by atoms with van der Waals surface area (Å²) in [5.41, 5.74) is 9.91. The Balaban J connectivity index is 1.70. The van der Waals surface area contributed by atoms with Gasteiger partial charge in [0.25, 0.3) is 0 Å². The highest BCUT2D eigenvalue weighted by atomic mass is 16.2. The molecule has 3 N–H and O–H groups in total. The van der Waals surface area contributed by atoms with Crippen molar-refractivity contribution in [1.29, 1.82) is 0 Å². The number of amides is 1. The first-order chi connectivity index (χ1) is 10.7. The van der Waals surface area contributed by atoms with Gasteiger partial charge < -0.3 is 5.32 Å². The number of hydrazine groups is 1. The zero-order valence-corrected chi connectivity index (χ0v) is 12.3. The van der Waals surface area contributed by atoms with Crippen molar-refractivity contribution in [3.63, 3.8) is 0 Å². The predicted octanol–water partition coefficient (Wildman–Crippen LogP) is 1.39. The summed E-state index contributed by atoms with van der Waals surface area (Å²) < 4.78 is 0. The minimum Gasteiger partial charge on any atom is -0.347 e. The largest absolute Gasteiger partial charge is 0.347 e. The second-order valence-electron chi connectivity index (χ2n) is 6.00. The molecule has 5 nitrogen and oxygen atoms in total. The van der Waals surface area contributed by atoms with Gasteiger partial charge in [0.15, 0.2) is 0 Å². The number of hydrogen-bond donors (Lipinski definition) is 3. The molecular weight excluding hydrogens is 276 g/mol. The molecular formula is C17H18N4O. The van der Waals surface area contributed by atoms with E-state index in [-0.39, 0.29) is 30.0 Å². The molecule has 0 radical (unpaired) electrons. The highest BCUT2D eigenvalue weighted by molar-refractivity contribution is 5.86. The maximum absolute atomic E-state index is 12.2. The Morgan fingerprint density at radius 3 is 2.45 bits per heavy atom. The molecule has 4 unspecified atom stereocenters. The number of benzene rings is 1. The van der Waals surface area contributed by atoms with Gasteiger partial charge in [0, 0.05) is 18.3 Å². The number of pyridine rings is 1. The van der Waals surface area contributed by atoms with Gasteiger partial charge in [-0.15, -0.1) is 0 Å². The number of carbonyl (C=O) groups excluding carboxylic acids is 1. The standard InChI is InChI=1S/C17H18N4O/c1-10-4-6-11(7-5-10)15-13-14(12-3-2-8-18-9-12)19-17(22)16(13)21-20-15/h2-9,13-16,20-21H,1H3,(H,19,22). The first kappa shape index (κ1) is 13.4. The van der Waals surface area contributed by atoms with Crippen molar-refractivity contribution >= 4 is 5.91 Å². The summed E-state index contributed by atoms with van der Waals surface area (Å²) in [6, 6.07) is 12.2. The number of aryl methyl sites for hydroxylation is 1. The van der Waals surface area contributed by atoms with Crippen molar-refractivity contribution < 1.29 is 4.79 Å². The molecule has 4 rings (SSSR count). The Morgan fingerprint density at radius 1 is 0.955 bits per heavy atom. The normalized spacial score (nSPS) is 30.1. The number of rotatable bonds is 2. The number of aromatic nitrogens is 1. The zero-order chi connectivity index (χ0) is 15.1. The molecule has 2 aliphatic rings. The van der Waals surface area contributed by atoms with E-state index >= 15 is 0 Å². The minimum absolute atomic E-state index is 0.0278. The molecule has 2 fully saturated rings. The second-order valence-corrected chi connectivity index (χ2v) is 6.00. The lowest BCUT2D eigenvalue weighted by atomic mass is 9.84. The van der Waals surface area contributed by atoms with Gasteiger partial charge in [0.2, 0.25) is 5.91 Å². The fraction of sp³-hybridized carbons (Fsp3) is 0.294. The van der Waals surface area contributed by atoms with Crippen molar-refractivity contribution in [3.05, 3.63) is 65.5 Å². The van der Waals surface area contributed by atoms with Crippen molar-refractivity contribution in [2.45, 2.75) is 25.0 Å². The number of fused-ring (bicyclic) bond motifs is 1. The van der Waals surface area contributed by atoms with E-state index in [2.05, 4.69) is 52.3 Å². The SMILES string of the molecule is Cc1ccc(C2NNC3C(=O)NC(c4cccnc4)C32)cc1. The molecule has 4 atom stereocenters. The van der Waals surface area contributed by atoms with Crippen LogP contribution < -0.4 is 16.2 Å². The van der Waals surface area contributed by atoms with Gasteiger partial charge in [-0.05, 0) is 24.1 Å². The zero-order valence-electron chi connectivity index (χ0n) is 12.3. The van der Waals surface area contributed by atoms with Crippen LogP contribution in [0.15, 0.2) is 48.8 Å². The highest BCUT2D eigenvalue weighted by Crippen LogP contribution is 2.41. The van der Waals surface area contributed by atoms with E-state index in [1.54, 1.807) is 6.20 Å². The summed E-state index contributed by atoms with van der Waals surface area (Å²) in [5, 5.41) is 3.10. The maximum Gasteiger partial charge on any atom is 0.239 e. The molecule has 2 saturated heterocycles. The predicted molar refractivity (Wildman–Crippen MR) is 82.6 cm³/mol. The van der Waals surface area contributed by atoms with Crippen LogP contribution >= 0.6 is 0 Å². The third-order valence-corrected chi connectivity index (χ3v) is 4.61. The number of carbonyl (C=O) groups is 1. The Bertz CT molecular complexity index is 686. The molecule has 3 heterocycles. The highest BCUT2D eigenvalue weighted by Gasteiger charge is 2.51. The van der Waals surface area contributed by atoms with Crippen LogP contribution in [0.25, 0.3) is 0 Å². The van der Waals surface area contributed by atoms with Gasteiger partial charge in [0.05, 0.1) is 12.1 Å². The van der Waals surface area contributed by atoms with Gasteiger partial charge in [0.1, 0.15) is 6.04 Å². The molecule has 1 amide bonds. The smallest absolute Gasteiger partial charge is 0.239 e. The van der Waals surface area contributed by atoms with Gasteiger partial charge in [-0.2, -0.15) is 0 Å². The van der Waals surface area contributed by atoms with E-state index in [0.717, 1.165) is 5.56 Å². The lowest BCUT2D eigenvalue weighted by molar-refractivity contribution is -0.121. The van der Waals surface area contributed by atoms with Crippen LogP contribution in [0.4, 0.5) is 0 Å². The average Bonchev–Trinajstić information content (AvgIpc) is 3.11. The molecule has 5 heteroatoms. The van der Waals surface area contributed by atoms with Gasteiger partial charge >= 0.3 is 0 Å². The summed E-state index contributed by atoms with van der Waals surface area (Å²) in [5.74, 6) is 0.167. The lowest BCUT2D eigenvalue weighted by Gasteiger charge is -2.24.